The van der Waals surface area contributed by atoms with Crippen molar-refractivity contribution in [1.82, 2.24) is 15.0 Å². The number of rotatable bonds is 8. The lowest BCUT2D eigenvalue weighted by Gasteiger charge is -2.29. The number of aromatic nitrogens is 3. The number of hydrogen-bond donors (Lipinski definition) is 1. The van der Waals surface area contributed by atoms with Crippen molar-refractivity contribution in [1.29, 1.82) is 0 Å². The van der Waals surface area contributed by atoms with Gasteiger partial charge in [0.25, 0.3) is 0 Å². The van der Waals surface area contributed by atoms with Crippen molar-refractivity contribution in [2.24, 2.45) is 5.92 Å². The molecule has 1 aliphatic carbocycles. The van der Waals surface area contributed by atoms with Crippen LogP contribution in [-0.2, 0) is 4.74 Å². The van der Waals surface area contributed by atoms with Crippen LogP contribution < -0.4 is 15.4 Å². The molecule has 0 aromatic carbocycles. The second-order valence-corrected chi connectivity index (χ2v) is 4.97. The molecule has 0 bridgehead atoms. The van der Waals surface area contributed by atoms with Crippen LogP contribution in [0.3, 0.4) is 0 Å². The largest absolute Gasteiger partial charge is 0.464 e. The smallest absolute Gasteiger partial charge is 0.323 e. The third-order valence-electron chi connectivity index (χ3n) is 3.48. The lowest BCUT2D eigenvalue weighted by atomic mass is 10.2. The SMILES string of the molecule is CCOc1nc(N)nc(N(CCOC)C(C)C2CC2)n1. The molecule has 1 heterocycles. The summed E-state index contributed by atoms with van der Waals surface area (Å²) in [5.41, 5.74) is 5.75. The highest BCUT2D eigenvalue weighted by Crippen LogP contribution is 2.36. The molecule has 1 aromatic heterocycles. The summed E-state index contributed by atoms with van der Waals surface area (Å²) in [6, 6.07) is 0.641. The van der Waals surface area contributed by atoms with Gasteiger partial charge < -0.3 is 20.1 Å². The molecule has 0 saturated heterocycles. The van der Waals surface area contributed by atoms with Gasteiger partial charge in [-0.25, -0.2) is 0 Å². The van der Waals surface area contributed by atoms with E-state index in [0.717, 1.165) is 6.54 Å². The maximum absolute atomic E-state index is 5.75. The fraction of sp³-hybridized carbons (Fsp3) is 0.769. The molecule has 0 aliphatic heterocycles. The Balaban J connectivity index is 2.21. The lowest BCUT2D eigenvalue weighted by Crippen LogP contribution is -2.38. The zero-order chi connectivity index (χ0) is 14.5. The van der Waals surface area contributed by atoms with E-state index in [1.165, 1.54) is 12.8 Å². The predicted molar refractivity (Wildman–Crippen MR) is 76.8 cm³/mol. The van der Waals surface area contributed by atoms with Gasteiger partial charge in [-0.15, -0.1) is 0 Å². The summed E-state index contributed by atoms with van der Waals surface area (Å²) in [4.78, 5) is 14.7. The van der Waals surface area contributed by atoms with Crippen LogP contribution in [0.2, 0.25) is 0 Å². The Labute approximate surface area is 119 Å². The topological polar surface area (TPSA) is 86.4 Å². The van der Waals surface area contributed by atoms with Crippen LogP contribution in [0.5, 0.6) is 6.01 Å². The van der Waals surface area contributed by atoms with Crippen LogP contribution in [0, 0.1) is 5.92 Å². The average Bonchev–Trinajstić information content (AvgIpc) is 3.23. The number of methoxy groups -OCH3 is 1. The average molecular weight is 281 g/mol. The van der Waals surface area contributed by atoms with Crippen LogP contribution in [0.1, 0.15) is 26.7 Å². The minimum Gasteiger partial charge on any atom is -0.464 e. The third kappa shape index (κ3) is 3.69. The fourth-order valence-corrected chi connectivity index (χ4v) is 2.19. The van der Waals surface area contributed by atoms with Gasteiger partial charge in [0, 0.05) is 19.7 Å². The molecule has 1 aromatic rings. The van der Waals surface area contributed by atoms with Crippen LogP contribution in [0.4, 0.5) is 11.9 Å². The monoisotopic (exact) mass is 281 g/mol. The van der Waals surface area contributed by atoms with Crippen LogP contribution in [0.15, 0.2) is 0 Å². The van der Waals surface area contributed by atoms with Gasteiger partial charge in [0.1, 0.15) is 0 Å². The van der Waals surface area contributed by atoms with E-state index < -0.39 is 0 Å². The van der Waals surface area contributed by atoms with E-state index in [9.17, 15) is 0 Å². The number of ether oxygens (including phenoxy) is 2. The second-order valence-electron chi connectivity index (χ2n) is 4.97. The Morgan fingerprint density at radius 2 is 2.10 bits per heavy atom. The Bertz CT molecular complexity index is 439. The summed E-state index contributed by atoms with van der Waals surface area (Å²) in [6.45, 7) is 5.91. The maximum Gasteiger partial charge on any atom is 0.323 e. The summed E-state index contributed by atoms with van der Waals surface area (Å²) >= 11 is 0. The molecule has 7 heteroatoms. The Hall–Kier alpha value is -1.63. The molecular weight excluding hydrogens is 258 g/mol. The molecule has 1 saturated carbocycles. The van der Waals surface area contributed by atoms with Gasteiger partial charge in [-0.05, 0) is 32.6 Å². The van der Waals surface area contributed by atoms with Crippen molar-refractivity contribution in [3.8, 4) is 6.01 Å². The molecule has 0 radical (unpaired) electrons. The minimum atomic E-state index is 0.184. The number of nitrogens with two attached hydrogens (primary N) is 1. The number of hydrogen-bond acceptors (Lipinski definition) is 7. The van der Waals surface area contributed by atoms with Crippen molar-refractivity contribution in [3.63, 3.8) is 0 Å². The second kappa shape index (κ2) is 6.69. The van der Waals surface area contributed by atoms with Crippen molar-refractivity contribution in [2.75, 3.05) is 37.5 Å². The fourth-order valence-electron chi connectivity index (χ4n) is 2.19. The third-order valence-corrected chi connectivity index (χ3v) is 3.48. The molecule has 7 nitrogen and oxygen atoms in total. The van der Waals surface area contributed by atoms with Crippen molar-refractivity contribution in [3.05, 3.63) is 0 Å². The van der Waals surface area contributed by atoms with Gasteiger partial charge in [-0.2, -0.15) is 15.0 Å². The lowest BCUT2D eigenvalue weighted by molar-refractivity contribution is 0.202. The Morgan fingerprint density at radius 1 is 1.35 bits per heavy atom. The first-order chi connectivity index (χ1) is 9.65. The quantitative estimate of drug-likeness (QED) is 0.763. The van der Waals surface area contributed by atoms with E-state index in [2.05, 4.69) is 26.8 Å². The van der Waals surface area contributed by atoms with Gasteiger partial charge >= 0.3 is 6.01 Å². The van der Waals surface area contributed by atoms with E-state index in [0.29, 0.717) is 31.1 Å². The first-order valence-electron chi connectivity index (χ1n) is 7.05. The predicted octanol–water partition coefficient (Wildman–Crippen LogP) is 1.10. The molecule has 2 rings (SSSR count). The van der Waals surface area contributed by atoms with E-state index >= 15 is 0 Å². The highest BCUT2D eigenvalue weighted by molar-refractivity contribution is 5.37. The van der Waals surface area contributed by atoms with Gasteiger partial charge in [0.05, 0.1) is 13.2 Å². The molecule has 112 valence electrons. The normalized spacial score (nSPS) is 15.9. The van der Waals surface area contributed by atoms with Crippen LogP contribution in [0.25, 0.3) is 0 Å². The Kier molecular flexibility index (Phi) is 4.94. The molecule has 0 amide bonds. The minimum absolute atomic E-state index is 0.184. The zero-order valence-corrected chi connectivity index (χ0v) is 12.4. The van der Waals surface area contributed by atoms with Gasteiger partial charge in [0.15, 0.2) is 0 Å². The number of nitrogens with zero attached hydrogens (tertiary/aromatic N) is 4. The van der Waals surface area contributed by atoms with E-state index in [1.807, 2.05) is 6.92 Å². The van der Waals surface area contributed by atoms with E-state index in [1.54, 1.807) is 7.11 Å². The standard InChI is InChI=1S/C13H23N5O2/c1-4-20-13-16-11(14)15-12(17-13)18(7-8-19-3)9(2)10-5-6-10/h9-10H,4-8H2,1-3H3,(H2,14,15,16,17). The highest BCUT2D eigenvalue weighted by atomic mass is 16.5. The summed E-state index contributed by atoms with van der Waals surface area (Å²) < 4.78 is 10.5. The summed E-state index contributed by atoms with van der Waals surface area (Å²) in [7, 11) is 1.69. The van der Waals surface area contributed by atoms with Gasteiger partial charge in [-0.3, -0.25) is 0 Å². The number of anilines is 2. The van der Waals surface area contributed by atoms with Crippen LogP contribution in [-0.4, -0.2) is 47.9 Å². The van der Waals surface area contributed by atoms with Gasteiger partial charge in [-0.1, -0.05) is 0 Å². The summed E-state index contributed by atoms with van der Waals surface area (Å²) in [5, 5.41) is 0. The molecule has 2 N–H and O–H groups in total. The molecule has 1 unspecified atom stereocenters. The molecule has 1 atom stereocenters. The first kappa shape index (κ1) is 14.8. The van der Waals surface area contributed by atoms with E-state index in [-0.39, 0.29) is 12.0 Å². The first-order valence-corrected chi connectivity index (χ1v) is 7.05. The molecule has 1 aliphatic rings. The van der Waals surface area contributed by atoms with Gasteiger partial charge in [0.2, 0.25) is 11.9 Å². The molecule has 0 spiro atoms. The number of nitrogen functional groups attached to an aromatic ring is 1. The summed E-state index contributed by atoms with van der Waals surface area (Å²) in [5.74, 6) is 1.45. The highest BCUT2D eigenvalue weighted by Gasteiger charge is 2.33. The van der Waals surface area contributed by atoms with Crippen molar-refractivity contribution < 1.29 is 9.47 Å². The molecule has 1 fully saturated rings. The molecule has 20 heavy (non-hydrogen) atoms. The Morgan fingerprint density at radius 3 is 2.70 bits per heavy atom. The van der Waals surface area contributed by atoms with Crippen molar-refractivity contribution in [2.45, 2.75) is 32.7 Å². The van der Waals surface area contributed by atoms with Crippen molar-refractivity contribution >= 4 is 11.9 Å². The summed E-state index contributed by atoms with van der Waals surface area (Å²) in [6.07, 6.45) is 2.51. The maximum atomic E-state index is 5.75. The molecular formula is C13H23N5O2. The zero-order valence-electron chi connectivity index (χ0n) is 12.4. The van der Waals surface area contributed by atoms with Crippen LogP contribution >= 0.6 is 0 Å². The van der Waals surface area contributed by atoms with E-state index in [4.69, 9.17) is 15.2 Å².